The molecule has 0 bridgehead atoms. The Morgan fingerprint density at radius 2 is 2.12 bits per heavy atom. The molecule has 0 aromatic heterocycles. The number of carbonyl (C=O) groups is 2. The van der Waals surface area contributed by atoms with Gasteiger partial charge in [0.1, 0.15) is 0 Å². The molecule has 1 aliphatic rings. The van der Waals surface area contributed by atoms with Gasteiger partial charge in [-0.2, -0.15) is 0 Å². The summed E-state index contributed by atoms with van der Waals surface area (Å²) in [6.45, 7) is 6.66. The van der Waals surface area contributed by atoms with Crippen LogP contribution in [0.3, 0.4) is 0 Å². The van der Waals surface area contributed by atoms with E-state index in [1.54, 1.807) is 0 Å². The summed E-state index contributed by atoms with van der Waals surface area (Å²) in [6.07, 6.45) is 1.79. The molecular weight excluding hydrogens is 220 g/mol. The molecule has 2 atom stereocenters. The van der Waals surface area contributed by atoms with Gasteiger partial charge in [0.15, 0.2) is 0 Å². The first kappa shape index (κ1) is 14.0. The highest BCUT2D eigenvalue weighted by Crippen LogP contribution is 2.22. The molecule has 1 amide bonds. The van der Waals surface area contributed by atoms with Gasteiger partial charge in [-0.15, -0.1) is 0 Å². The molecule has 5 nitrogen and oxygen atoms in total. The average Bonchev–Trinajstić information content (AvgIpc) is 2.66. The second-order valence-electron chi connectivity index (χ2n) is 5.67. The standard InChI is InChI=1S/C12H22N2O3/c1-12(2,3)9(7-10(15)16)14-11(17)8-5-4-6-13-8/h8-9,13H,4-7H2,1-3H3,(H,14,17)(H,15,16)/t8-,9?/m0/s1. The number of hydrogen-bond acceptors (Lipinski definition) is 3. The number of carboxylic acids is 1. The van der Waals surface area contributed by atoms with Crippen LogP contribution in [0.5, 0.6) is 0 Å². The normalized spacial score (nSPS) is 22.2. The highest BCUT2D eigenvalue weighted by Gasteiger charge is 2.31. The zero-order valence-corrected chi connectivity index (χ0v) is 10.7. The van der Waals surface area contributed by atoms with Crippen LogP contribution in [0, 0.1) is 5.41 Å². The van der Waals surface area contributed by atoms with Crippen LogP contribution in [0.2, 0.25) is 0 Å². The minimum Gasteiger partial charge on any atom is -0.481 e. The van der Waals surface area contributed by atoms with Crippen LogP contribution in [0.4, 0.5) is 0 Å². The maximum Gasteiger partial charge on any atom is 0.305 e. The van der Waals surface area contributed by atoms with Gasteiger partial charge < -0.3 is 15.7 Å². The lowest BCUT2D eigenvalue weighted by Crippen LogP contribution is -2.50. The van der Waals surface area contributed by atoms with Crippen molar-refractivity contribution in [1.29, 1.82) is 0 Å². The Bertz CT molecular complexity index is 291. The molecule has 0 aliphatic carbocycles. The van der Waals surface area contributed by atoms with Crippen molar-refractivity contribution >= 4 is 11.9 Å². The fraction of sp³-hybridized carbons (Fsp3) is 0.833. The predicted octanol–water partition coefficient (Wildman–Crippen LogP) is 0.744. The lowest BCUT2D eigenvalue weighted by Gasteiger charge is -2.31. The number of rotatable bonds is 4. The smallest absolute Gasteiger partial charge is 0.305 e. The maximum atomic E-state index is 11.9. The topological polar surface area (TPSA) is 78.4 Å². The van der Waals surface area contributed by atoms with Crippen molar-refractivity contribution < 1.29 is 14.7 Å². The quantitative estimate of drug-likeness (QED) is 0.679. The van der Waals surface area contributed by atoms with Crippen molar-refractivity contribution in [3.05, 3.63) is 0 Å². The molecular formula is C12H22N2O3. The van der Waals surface area contributed by atoms with Gasteiger partial charge in [-0.1, -0.05) is 20.8 Å². The molecule has 1 fully saturated rings. The summed E-state index contributed by atoms with van der Waals surface area (Å²) in [4.78, 5) is 22.7. The molecule has 0 aromatic rings. The number of hydrogen-bond donors (Lipinski definition) is 3. The van der Waals surface area contributed by atoms with Gasteiger partial charge in [0.2, 0.25) is 5.91 Å². The molecule has 0 spiro atoms. The molecule has 1 heterocycles. The molecule has 0 aromatic carbocycles. The molecule has 3 N–H and O–H groups in total. The number of carbonyl (C=O) groups excluding carboxylic acids is 1. The van der Waals surface area contributed by atoms with Crippen molar-refractivity contribution in [2.24, 2.45) is 5.41 Å². The zero-order chi connectivity index (χ0) is 13.1. The highest BCUT2D eigenvalue weighted by molar-refractivity contribution is 5.83. The number of amides is 1. The summed E-state index contributed by atoms with van der Waals surface area (Å²) in [5.41, 5.74) is -0.257. The van der Waals surface area contributed by atoms with Crippen LogP contribution in [-0.4, -0.2) is 35.6 Å². The van der Waals surface area contributed by atoms with Crippen molar-refractivity contribution in [3.8, 4) is 0 Å². The van der Waals surface area contributed by atoms with Gasteiger partial charge >= 0.3 is 5.97 Å². The molecule has 17 heavy (non-hydrogen) atoms. The lowest BCUT2D eigenvalue weighted by atomic mass is 9.84. The van der Waals surface area contributed by atoms with Crippen molar-refractivity contribution in [1.82, 2.24) is 10.6 Å². The molecule has 5 heteroatoms. The molecule has 98 valence electrons. The summed E-state index contributed by atoms with van der Waals surface area (Å²) in [5, 5.41) is 14.8. The second kappa shape index (κ2) is 5.49. The Morgan fingerprint density at radius 1 is 1.47 bits per heavy atom. The summed E-state index contributed by atoms with van der Waals surface area (Å²) >= 11 is 0. The Balaban J connectivity index is 2.59. The number of nitrogens with one attached hydrogen (secondary N) is 2. The third-order valence-electron chi connectivity index (χ3n) is 3.12. The van der Waals surface area contributed by atoms with Crippen LogP contribution in [-0.2, 0) is 9.59 Å². The first-order chi connectivity index (χ1) is 7.80. The van der Waals surface area contributed by atoms with Crippen molar-refractivity contribution in [2.45, 2.75) is 52.1 Å². The third kappa shape index (κ3) is 4.34. The third-order valence-corrected chi connectivity index (χ3v) is 3.12. The van der Waals surface area contributed by atoms with Gasteiger partial charge in [0.05, 0.1) is 12.5 Å². The van der Waals surface area contributed by atoms with Gasteiger partial charge in [0, 0.05) is 6.04 Å². The predicted molar refractivity (Wildman–Crippen MR) is 64.7 cm³/mol. The Hall–Kier alpha value is -1.10. The van der Waals surface area contributed by atoms with Crippen molar-refractivity contribution in [2.75, 3.05) is 6.54 Å². The number of carboxylic acid groups (broad SMARTS) is 1. The van der Waals surface area contributed by atoms with Crippen LogP contribution < -0.4 is 10.6 Å². The average molecular weight is 242 g/mol. The van der Waals surface area contributed by atoms with E-state index in [0.29, 0.717) is 0 Å². The first-order valence-electron chi connectivity index (χ1n) is 6.06. The summed E-state index contributed by atoms with van der Waals surface area (Å²) in [6, 6.07) is -0.497. The summed E-state index contributed by atoms with van der Waals surface area (Å²) in [7, 11) is 0. The SMILES string of the molecule is CC(C)(C)C(CC(=O)O)NC(=O)[C@@H]1CCCN1. The van der Waals surface area contributed by atoms with Crippen LogP contribution in [0.15, 0.2) is 0 Å². The van der Waals surface area contributed by atoms with E-state index < -0.39 is 5.97 Å². The second-order valence-corrected chi connectivity index (χ2v) is 5.67. The van der Waals surface area contributed by atoms with E-state index in [2.05, 4.69) is 10.6 Å². The maximum absolute atomic E-state index is 11.9. The lowest BCUT2D eigenvalue weighted by molar-refractivity contribution is -0.138. The number of aliphatic carboxylic acids is 1. The van der Waals surface area contributed by atoms with E-state index in [0.717, 1.165) is 19.4 Å². The largest absolute Gasteiger partial charge is 0.481 e. The van der Waals surface area contributed by atoms with Crippen molar-refractivity contribution in [3.63, 3.8) is 0 Å². The fourth-order valence-corrected chi connectivity index (χ4v) is 1.93. The minimum absolute atomic E-state index is 0.0397. The zero-order valence-electron chi connectivity index (χ0n) is 10.7. The van der Waals surface area contributed by atoms with Crippen LogP contribution in [0.1, 0.15) is 40.0 Å². The Morgan fingerprint density at radius 3 is 2.53 bits per heavy atom. The monoisotopic (exact) mass is 242 g/mol. The van der Waals surface area contributed by atoms with E-state index in [1.165, 1.54) is 0 Å². The molecule has 0 saturated carbocycles. The van der Waals surface area contributed by atoms with Gasteiger partial charge in [0.25, 0.3) is 0 Å². The van der Waals surface area contributed by atoms with E-state index in [-0.39, 0.29) is 29.8 Å². The van der Waals surface area contributed by atoms with Crippen LogP contribution >= 0.6 is 0 Å². The molecule has 0 radical (unpaired) electrons. The van der Waals surface area contributed by atoms with E-state index >= 15 is 0 Å². The minimum atomic E-state index is -0.885. The van der Waals surface area contributed by atoms with E-state index in [1.807, 2.05) is 20.8 Å². The van der Waals surface area contributed by atoms with E-state index in [9.17, 15) is 9.59 Å². The molecule has 1 unspecified atom stereocenters. The molecule has 1 saturated heterocycles. The fourth-order valence-electron chi connectivity index (χ4n) is 1.93. The summed E-state index contributed by atoms with van der Waals surface area (Å²) in [5.74, 6) is -0.965. The Kier molecular flexibility index (Phi) is 4.51. The molecule has 1 aliphatic heterocycles. The first-order valence-corrected chi connectivity index (χ1v) is 6.06. The van der Waals surface area contributed by atoms with E-state index in [4.69, 9.17) is 5.11 Å². The Labute approximate surface area is 102 Å². The molecule has 1 rings (SSSR count). The van der Waals surface area contributed by atoms with Gasteiger partial charge in [-0.05, 0) is 24.8 Å². The van der Waals surface area contributed by atoms with Crippen LogP contribution in [0.25, 0.3) is 0 Å². The summed E-state index contributed by atoms with van der Waals surface area (Å²) < 4.78 is 0. The van der Waals surface area contributed by atoms with Gasteiger partial charge in [-0.25, -0.2) is 0 Å². The van der Waals surface area contributed by atoms with Gasteiger partial charge in [-0.3, -0.25) is 9.59 Å². The highest BCUT2D eigenvalue weighted by atomic mass is 16.4.